The SMILES string of the molecule is CCN(CC)Cc1[c]c(Cl)ccc1. The number of rotatable bonds is 4. The number of hydrogen-bond acceptors (Lipinski definition) is 1. The van der Waals surface area contributed by atoms with Gasteiger partial charge < -0.3 is 0 Å². The fraction of sp³-hybridized carbons (Fsp3) is 0.455. The monoisotopic (exact) mass is 196 g/mol. The van der Waals surface area contributed by atoms with E-state index < -0.39 is 0 Å². The van der Waals surface area contributed by atoms with E-state index in [1.54, 1.807) is 0 Å². The smallest absolute Gasteiger partial charge is 0.0488 e. The molecule has 1 rings (SSSR count). The maximum atomic E-state index is 5.84. The van der Waals surface area contributed by atoms with Crippen molar-refractivity contribution in [3.8, 4) is 0 Å². The summed E-state index contributed by atoms with van der Waals surface area (Å²) in [6, 6.07) is 9.01. The zero-order valence-corrected chi connectivity index (χ0v) is 8.93. The van der Waals surface area contributed by atoms with Gasteiger partial charge in [0.2, 0.25) is 0 Å². The summed E-state index contributed by atoms with van der Waals surface area (Å²) >= 11 is 5.84. The summed E-state index contributed by atoms with van der Waals surface area (Å²) in [6.07, 6.45) is 0. The first-order valence-corrected chi connectivity index (χ1v) is 5.03. The third-order valence-electron chi connectivity index (χ3n) is 2.11. The molecule has 1 nitrogen and oxygen atoms in total. The lowest BCUT2D eigenvalue weighted by atomic mass is 10.2. The van der Waals surface area contributed by atoms with Crippen molar-refractivity contribution in [1.82, 2.24) is 4.90 Å². The molecule has 0 aliphatic rings. The van der Waals surface area contributed by atoms with Crippen LogP contribution in [-0.4, -0.2) is 18.0 Å². The second-order valence-electron chi connectivity index (χ2n) is 2.99. The van der Waals surface area contributed by atoms with Gasteiger partial charge in [-0.25, -0.2) is 0 Å². The molecule has 0 heterocycles. The summed E-state index contributed by atoms with van der Waals surface area (Å²) in [5.41, 5.74) is 1.16. The van der Waals surface area contributed by atoms with Gasteiger partial charge >= 0.3 is 0 Å². The fourth-order valence-electron chi connectivity index (χ4n) is 1.27. The average Bonchev–Trinajstić information content (AvgIpc) is 2.14. The molecule has 0 unspecified atom stereocenters. The average molecular weight is 197 g/mol. The Bertz CT molecular complexity index is 256. The van der Waals surface area contributed by atoms with Crippen LogP contribution in [0.2, 0.25) is 5.02 Å². The maximum Gasteiger partial charge on any atom is 0.0488 e. The number of benzene rings is 1. The van der Waals surface area contributed by atoms with Crippen LogP contribution in [0.25, 0.3) is 0 Å². The number of hydrogen-bond donors (Lipinski definition) is 0. The first-order valence-electron chi connectivity index (χ1n) is 4.65. The summed E-state index contributed by atoms with van der Waals surface area (Å²) < 4.78 is 0. The van der Waals surface area contributed by atoms with E-state index in [2.05, 4.69) is 30.9 Å². The molecular formula is C11H15ClN. The van der Waals surface area contributed by atoms with Gasteiger partial charge in [0.15, 0.2) is 0 Å². The zero-order valence-electron chi connectivity index (χ0n) is 8.18. The lowest BCUT2D eigenvalue weighted by molar-refractivity contribution is 0.295. The minimum atomic E-state index is 0.699. The van der Waals surface area contributed by atoms with Crippen molar-refractivity contribution in [3.05, 3.63) is 34.9 Å². The van der Waals surface area contributed by atoms with Crippen LogP contribution in [-0.2, 0) is 6.54 Å². The molecule has 0 aliphatic heterocycles. The second-order valence-corrected chi connectivity index (χ2v) is 3.39. The molecule has 0 saturated heterocycles. The van der Waals surface area contributed by atoms with Crippen molar-refractivity contribution >= 4 is 11.6 Å². The molecule has 0 aromatic heterocycles. The van der Waals surface area contributed by atoms with Gasteiger partial charge in [0, 0.05) is 17.6 Å². The molecule has 0 fully saturated rings. The quantitative estimate of drug-likeness (QED) is 0.716. The molecule has 0 saturated carbocycles. The topological polar surface area (TPSA) is 3.24 Å². The van der Waals surface area contributed by atoms with Gasteiger partial charge in [0.05, 0.1) is 0 Å². The van der Waals surface area contributed by atoms with Crippen LogP contribution in [0.3, 0.4) is 0 Å². The molecule has 0 aliphatic carbocycles. The molecule has 0 N–H and O–H groups in total. The van der Waals surface area contributed by atoms with Crippen molar-refractivity contribution in [3.63, 3.8) is 0 Å². The van der Waals surface area contributed by atoms with Crippen LogP contribution in [0.15, 0.2) is 18.2 Å². The molecule has 71 valence electrons. The molecule has 1 aromatic carbocycles. The molecule has 0 bridgehead atoms. The molecule has 13 heavy (non-hydrogen) atoms. The predicted octanol–water partition coefficient (Wildman–Crippen LogP) is 2.98. The van der Waals surface area contributed by atoms with Crippen LogP contribution in [0, 0.1) is 6.07 Å². The van der Waals surface area contributed by atoms with Gasteiger partial charge in [-0.15, -0.1) is 0 Å². The summed E-state index contributed by atoms with van der Waals surface area (Å²) in [5, 5.41) is 0.699. The van der Waals surface area contributed by atoms with E-state index in [4.69, 9.17) is 11.6 Å². The highest BCUT2D eigenvalue weighted by molar-refractivity contribution is 6.30. The number of nitrogens with zero attached hydrogens (tertiary/aromatic N) is 1. The molecule has 0 atom stereocenters. The van der Waals surface area contributed by atoms with E-state index in [1.165, 1.54) is 0 Å². The third-order valence-corrected chi connectivity index (χ3v) is 2.33. The van der Waals surface area contributed by atoms with Crippen molar-refractivity contribution in [2.75, 3.05) is 13.1 Å². The van der Waals surface area contributed by atoms with Gasteiger partial charge in [-0.3, -0.25) is 4.90 Å². The van der Waals surface area contributed by atoms with Crippen LogP contribution in [0.5, 0.6) is 0 Å². The van der Waals surface area contributed by atoms with Gasteiger partial charge in [-0.1, -0.05) is 37.6 Å². The fourth-order valence-corrected chi connectivity index (χ4v) is 1.46. The van der Waals surface area contributed by atoms with E-state index in [-0.39, 0.29) is 0 Å². The van der Waals surface area contributed by atoms with Gasteiger partial charge in [0.1, 0.15) is 0 Å². The van der Waals surface area contributed by atoms with Crippen molar-refractivity contribution < 1.29 is 0 Å². The Labute approximate surface area is 85.3 Å². The Morgan fingerprint density at radius 2 is 2.00 bits per heavy atom. The Balaban J connectivity index is 2.62. The van der Waals surface area contributed by atoms with Gasteiger partial charge in [-0.2, -0.15) is 0 Å². The summed E-state index contributed by atoms with van der Waals surface area (Å²) in [4.78, 5) is 2.34. The molecule has 1 aromatic rings. The molecule has 2 heteroatoms. The van der Waals surface area contributed by atoms with Crippen LogP contribution in [0.4, 0.5) is 0 Å². The molecule has 0 spiro atoms. The highest BCUT2D eigenvalue weighted by Crippen LogP contribution is 2.11. The first kappa shape index (κ1) is 10.6. The lowest BCUT2D eigenvalue weighted by Crippen LogP contribution is -2.22. The van der Waals surface area contributed by atoms with Crippen LogP contribution >= 0.6 is 11.6 Å². The van der Waals surface area contributed by atoms with Crippen LogP contribution in [0.1, 0.15) is 19.4 Å². The minimum absolute atomic E-state index is 0.699. The normalized spacial score (nSPS) is 10.8. The van der Waals surface area contributed by atoms with Crippen molar-refractivity contribution in [1.29, 1.82) is 0 Å². The standard InChI is InChI=1S/C11H15ClN/c1-3-13(4-2)9-10-6-5-7-11(12)8-10/h5-7H,3-4,9H2,1-2H3. The summed E-state index contributed by atoms with van der Waals surface area (Å²) in [5.74, 6) is 0. The maximum absolute atomic E-state index is 5.84. The summed E-state index contributed by atoms with van der Waals surface area (Å²) in [7, 11) is 0. The molecular weight excluding hydrogens is 182 g/mol. The van der Waals surface area contributed by atoms with Crippen molar-refractivity contribution in [2.24, 2.45) is 0 Å². The largest absolute Gasteiger partial charge is 0.300 e. The second kappa shape index (κ2) is 5.25. The Morgan fingerprint density at radius 1 is 1.31 bits per heavy atom. The van der Waals surface area contributed by atoms with E-state index >= 15 is 0 Å². The molecule has 0 amide bonds. The minimum Gasteiger partial charge on any atom is -0.300 e. The van der Waals surface area contributed by atoms with E-state index in [1.807, 2.05) is 12.1 Å². The number of halogens is 1. The summed E-state index contributed by atoms with van der Waals surface area (Å²) in [6.45, 7) is 7.39. The predicted molar refractivity (Wildman–Crippen MR) is 56.9 cm³/mol. The Hall–Kier alpha value is -0.530. The highest BCUT2D eigenvalue weighted by Gasteiger charge is 2.00. The lowest BCUT2D eigenvalue weighted by Gasteiger charge is -2.17. The van der Waals surface area contributed by atoms with E-state index in [0.29, 0.717) is 5.02 Å². The Kier molecular flexibility index (Phi) is 4.26. The van der Waals surface area contributed by atoms with E-state index in [0.717, 1.165) is 25.2 Å². The third kappa shape index (κ3) is 3.37. The Morgan fingerprint density at radius 3 is 2.54 bits per heavy atom. The van der Waals surface area contributed by atoms with Crippen molar-refractivity contribution in [2.45, 2.75) is 20.4 Å². The zero-order chi connectivity index (χ0) is 9.68. The highest BCUT2D eigenvalue weighted by atomic mass is 35.5. The van der Waals surface area contributed by atoms with E-state index in [9.17, 15) is 0 Å². The van der Waals surface area contributed by atoms with Crippen LogP contribution < -0.4 is 0 Å². The van der Waals surface area contributed by atoms with Gasteiger partial charge in [-0.05, 0) is 24.7 Å². The molecule has 1 radical (unpaired) electrons. The first-order chi connectivity index (χ1) is 6.26. The van der Waals surface area contributed by atoms with Gasteiger partial charge in [0.25, 0.3) is 0 Å².